The quantitative estimate of drug-likeness (QED) is 0.0629. The molecule has 0 bridgehead atoms. The molecular weight excluding hydrogens is 484 g/mol. The Morgan fingerprint density at radius 2 is 1.38 bits per heavy atom. The molecule has 0 aromatic carbocycles. The van der Waals surface area contributed by atoms with Crippen molar-refractivity contribution in [3.05, 3.63) is 35.5 Å². The summed E-state index contributed by atoms with van der Waals surface area (Å²) in [6.45, 7) is 6.75. The summed E-state index contributed by atoms with van der Waals surface area (Å²) in [5.41, 5.74) is 1.07. The first-order valence-electron chi connectivity index (χ1n) is 16.2. The molecule has 0 saturated heterocycles. The van der Waals surface area contributed by atoms with E-state index >= 15 is 0 Å². The zero-order valence-corrected chi connectivity index (χ0v) is 25.4. The number of carbonyl (C=O) groups is 3. The minimum absolute atomic E-state index is 0.123. The Balaban J connectivity index is 1.60. The van der Waals surface area contributed by atoms with Crippen molar-refractivity contribution in [2.75, 3.05) is 6.61 Å². The van der Waals surface area contributed by atoms with Crippen molar-refractivity contribution in [1.29, 1.82) is 0 Å². The third-order valence-corrected chi connectivity index (χ3v) is 8.57. The molecule has 0 aromatic heterocycles. The van der Waals surface area contributed by atoms with Crippen LogP contribution in [-0.4, -0.2) is 24.1 Å². The van der Waals surface area contributed by atoms with Gasteiger partial charge in [-0.3, -0.25) is 14.4 Å². The van der Waals surface area contributed by atoms with Gasteiger partial charge in [-0.25, -0.2) is 0 Å². The lowest BCUT2D eigenvalue weighted by molar-refractivity contribution is -0.166. The van der Waals surface area contributed by atoms with Crippen molar-refractivity contribution in [3.63, 3.8) is 0 Å². The van der Waals surface area contributed by atoms with Gasteiger partial charge in [-0.15, -0.1) is 0 Å². The number of fused-ring (bicyclic) bond motifs is 1. The van der Waals surface area contributed by atoms with E-state index < -0.39 is 17.3 Å². The van der Waals surface area contributed by atoms with E-state index in [2.05, 4.69) is 26.8 Å². The molecule has 39 heavy (non-hydrogen) atoms. The molecule has 0 amide bonds. The van der Waals surface area contributed by atoms with Gasteiger partial charge >= 0.3 is 5.97 Å². The fraction of sp³-hybridized carbons (Fsp3) is 0.743. The zero-order valence-electron chi connectivity index (χ0n) is 25.4. The van der Waals surface area contributed by atoms with Crippen LogP contribution in [0.25, 0.3) is 0 Å². The van der Waals surface area contributed by atoms with Gasteiger partial charge in [0.05, 0.1) is 6.61 Å². The van der Waals surface area contributed by atoms with E-state index in [1.165, 1.54) is 101 Å². The van der Waals surface area contributed by atoms with E-state index in [0.29, 0.717) is 13.0 Å². The maximum absolute atomic E-state index is 13.2. The first kappa shape index (κ1) is 33.2. The molecule has 220 valence electrons. The Kier molecular flexibility index (Phi) is 16.3. The molecule has 0 saturated carbocycles. The van der Waals surface area contributed by atoms with Crippen molar-refractivity contribution >= 4 is 17.5 Å². The Labute approximate surface area is 239 Å². The first-order valence-corrected chi connectivity index (χ1v) is 16.2. The fourth-order valence-corrected chi connectivity index (χ4v) is 6.03. The maximum Gasteiger partial charge on any atom is 0.321 e. The van der Waals surface area contributed by atoms with Crippen LogP contribution >= 0.6 is 0 Å². The van der Waals surface area contributed by atoms with Gasteiger partial charge in [-0.1, -0.05) is 127 Å². The summed E-state index contributed by atoms with van der Waals surface area (Å²) in [6.07, 6.45) is 30.1. The summed E-state index contributed by atoms with van der Waals surface area (Å²) in [5, 5.41) is 0. The van der Waals surface area contributed by atoms with Gasteiger partial charge in [0, 0.05) is 5.92 Å². The maximum atomic E-state index is 13.2. The normalized spacial score (nSPS) is 20.5. The topological polar surface area (TPSA) is 60.4 Å². The molecule has 2 atom stereocenters. The second-order valence-corrected chi connectivity index (χ2v) is 12.2. The molecule has 1 unspecified atom stereocenters. The van der Waals surface area contributed by atoms with Crippen LogP contribution in [-0.2, 0) is 19.1 Å². The third-order valence-electron chi connectivity index (χ3n) is 8.57. The van der Waals surface area contributed by atoms with E-state index in [4.69, 9.17) is 4.74 Å². The molecule has 0 aromatic rings. The Hall–Kier alpha value is -1.97. The highest BCUT2D eigenvalue weighted by molar-refractivity contribution is 6.18. The van der Waals surface area contributed by atoms with Crippen molar-refractivity contribution in [3.8, 4) is 0 Å². The molecule has 2 aliphatic carbocycles. The van der Waals surface area contributed by atoms with E-state index in [1.54, 1.807) is 0 Å². The van der Waals surface area contributed by atoms with Crippen LogP contribution < -0.4 is 0 Å². The summed E-state index contributed by atoms with van der Waals surface area (Å²) in [6, 6.07) is 0. The second kappa shape index (κ2) is 19.2. The Morgan fingerprint density at radius 1 is 0.846 bits per heavy atom. The summed E-state index contributed by atoms with van der Waals surface area (Å²) in [5.74, 6) is -1.53. The summed E-state index contributed by atoms with van der Waals surface area (Å²) in [7, 11) is 0. The molecular formula is C35H56O4. The smallest absolute Gasteiger partial charge is 0.321 e. The first-order chi connectivity index (χ1) is 18.9. The van der Waals surface area contributed by atoms with Gasteiger partial charge < -0.3 is 4.74 Å². The molecule has 2 aliphatic rings. The number of unbranched alkanes of at least 4 members (excludes halogenated alkanes) is 15. The van der Waals surface area contributed by atoms with E-state index in [0.717, 1.165) is 37.7 Å². The second-order valence-electron chi connectivity index (χ2n) is 12.2. The zero-order chi connectivity index (χ0) is 28.3. The van der Waals surface area contributed by atoms with Crippen LogP contribution in [0.15, 0.2) is 35.5 Å². The molecule has 0 heterocycles. The highest BCUT2D eigenvalue weighted by Gasteiger charge is 2.56. The van der Waals surface area contributed by atoms with Crippen molar-refractivity contribution in [2.24, 2.45) is 11.3 Å². The highest BCUT2D eigenvalue weighted by Crippen LogP contribution is 2.46. The number of hydrogen-bond acceptors (Lipinski definition) is 4. The third kappa shape index (κ3) is 11.6. The largest absolute Gasteiger partial charge is 0.465 e. The lowest BCUT2D eigenvalue weighted by atomic mass is 9.60. The van der Waals surface area contributed by atoms with E-state index in [-0.39, 0.29) is 18.0 Å². The predicted octanol–water partition coefficient (Wildman–Crippen LogP) is 9.57. The van der Waals surface area contributed by atoms with Crippen LogP contribution in [0.2, 0.25) is 0 Å². The minimum Gasteiger partial charge on any atom is -0.465 e. The molecule has 2 rings (SSSR count). The predicted molar refractivity (Wildman–Crippen MR) is 162 cm³/mol. The molecule has 4 heteroatoms. The van der Waals surface area contributed by atoms with Gasteiger partial charge in [-0.2, -0.15) is 0 Å². The lowest BCUT2D eigenvalue weighted by Crippen LogP contribution is -2.52. The Morgan fingerprint density at radius 3 is 1.92 bits per heavy atom. The van der Waals surface area contributed by atoms with Crippen LogP contribution in [0.1, 0.15) is 149 Å². The molecule has 0 radical (unpaired) electrons. The van der Waals surface area contributed by atoms with Crippen molar-refractivity contribution < 1.29 is 19.1 Å². The number of esters is 1. The van der Waals surface area contributed by atoms with Gasteiger partial charge in [0.15, 0.2) is 11.6 Å². The number of rotatable bonds is 21. The van der Waals surface area contributed by atoms with Crippen LogP contribution in [0, 0.1) is 11.3 Å². The number of ketones is 2. The van der Waals surface area contributed by atoms with Gasteiger partial charge in [-0.05, 0) is 58.1 Å². The standard InChI is InChI=1S/C35H56O4/c1-4-5-6-7-8-9-10-11-12-13-14-15-16-17-18-19-27-39-34(38)35-26-25-30(22-20-21-29(2)3)28-31(35)32(36)23-24-33(35)37/h21,23-25,31H,4-20,22,26-28H2,1-3H3/t31?,35-/m0/s1. The molecule has 0 N–H and O–H groups in total. The van der Waals surface area contributed by atoms with Crippen LogP contribution in [0.5, 0.6) is 0 Å². The molecule has 4 nitrogen and oxygen atoms in total. The summed E-state index contributed by atoms with van der Waals surface area (Å²) < 4.78 is 5.64. The van der Waals surface area contributed by atoms with Gasteiger partial charge in [0.1, 0.15) is 5.41 Å². The minimum atomic E-state index is -1.36. The molecule has 0 fully saturated rings. The average molecular weight is 541 g/mol. The van der Waals surface area contributed by atoms with Crippen molar-refractivity contribution in [1.82, 2.24) is 0 Å². The molecule has 0 spiro atoms. The average Bonchev–Trinajstić information content (AvgIpc) is 2.92. The Bertz CT molecular complexity index is 845. The van der Waals surface area contributed by atoms with Crippen LogP contribution in [0.3, 0.4) is 0 Å². The molecule has 0 aliphatic heterocycles. The lowest BCUT2D eigenvalue weighted by Gasteiger charge is -2.40. The number of allylic oxidation sites excluding steroid dienone is 6. The highest BCUT2D eigenvalue weighted by atomic mass is 16.5. The summed E-state index contributed by atoms with van der Waals surface area (Å²) >= 11 is 0. The van der Waals surface area contributed by atoms with Gasteiger partial charge in [0.25, 0.3) is 0 Å². The SMILES string of the molecule is CCCCCCCCCCCCCCCCCCOC(=O)[C@@]12CC=C(CCC=C(C)C)CC1C(=O)C=CC2=O. The van der Waals surface area contributed by atoms with Crippen molar-refractivity contribution in [2.45, 2.75) is 149 Å². The van der Waals surface area contributed by atoms with Crippen LogP contribution in [0.4, 0.5) is 0 Å². The number of ether oxygens (including phenoxy) is 1. The number of hydrogen-bond donors (Lipinski definition) is 0. The fourth-order valence-electron chi connectivity index (χ4n) is 6.03. The van der Waals surface area contributed by atoms with E-state index in [1.807, 2.05) is 6.08 Å². The monoisotopic (exact) mass is 540 g/mol. The van der Waals surface area contributed by atoms with E-state index in [9.17, 15) is 14.4 Å². The van der Waals surface area contributed by atoms with Gasteiger partial charge in [0.2, 0.25) is 0 Å². The summed E-state index contributed by atoms with van der Waals surface area (Å²) in [4.78, 5) is 38.9. The number of carbonyl (C=O) groups excluding carboxylic acids is 3.